The summed E-state index contributed by atoms with van der Waals surface area (Å²) in [7, 11) is 0. The van der Waals surface area contributed by atoms with Gasteiger partial charge in [-0.3, -0.25) is 29.1 Å². The van der Waals surface area contributed by atoms with Crippen LogP contribution >= 0.6 is 0 Å². The lowest BCUT2D eigenvalue weighted by molar-refractivity contribution is -0.117. The summed E-state index contributed by atoms with van der Waals surface area (Å²) in [6, 6.07) is 29.3. The lowest BCUT2D eigenvalue weighted by Crippen LogP contribution is -2.38. The Balaban J connectivity index is 0.799. The molecule has 0 unspecified atom stereocenters. The van der Waals surface area contributed by atoms with E-state index in [0.717, 1.165) is 89.7 Å². The van der Waals surface area contributed by atoms with Crippen LogP contribution in [-0.4, -0.2) is 176 Å². The van der Waals surface area contributed by atoms with Gasteiger partial charge in [0.1, 0.15) is 17.1 Å². The van der Waals surface area contributed by atoms with Gasteiger partial charge in [-0.2, -0.15) is 0 Å². The van der Waals surface area contributed by atoms with E-state index in [2.05, 4.69) is 79.8 Å². The van der Waals surface area contributed by atoms with Gasteiger partial charge in [0.25, 0.3) is 0 Å². The van der Waals surface area contributed by atoms with Crippen LogP contribution in [-0.2, 0) is 48.2 Å². The van der Waals surface area contributed by atoms with Gasteiger partial charge in [0.2, 0.25) is 17.7 Å². The van der Waals surface area contributed by atoms with Gasteiger partial charge in [-0.25, -0.2) is 14.0 Å². The Kier molecular flexibility index (Phi) is 17.1. The maximum atomic E-state index is 12.7. The fraction of sp³-hybridized carbons (Fsp3) is 0.389. The van der Waals surface area contributed by atoms with Crippen molar-refractivity contribution in [3.63, 3.8) is 0 Å². The topological polar surface area (TPSA) is 217 Å². The smallest absolute Gasteiger partial charge is 0.225 e. The van der Waals surface area contributed by atoms with Crippen molar-refractivity contribution in [1.29, 1.82) is 0 Å². The number of benzene rings is 4. The van der Waals surface area contributed by atoms with Crippen molar-refractivity contribution in [2.75, 3.05) is 114 Å². The van der Waals surface area contributed by atoms with Gasteiger partial charge in [0.15, 0.2) is 0 Å². The second-order valence-corrected chi connectivity index (χ2v) is 19.1. The quantitative estimate of drug-likeness (QED) is 0.0898. The number of anilines is 3. The summed E-state index contributed by atoms with van der Waals surface area (Å²) in [4.78, 5) is 44.8. The highest BCUT2D eigenvalue weighted by Gasteiger charge is 2.17. The number of hydrogen-bond acceptors (Lipinski definition) is 15. The van der Waals surface area contributed by atoms with E-state index < -0.39 is 0 Å². The van der Waals surface area contributed by atoms with Crippen LogP contribution in [0.25, 0.3) is 33.8 Å². The van der Waals surface area contributed by atoms with Gasteiger partial charge in [-0.1, -0.05) is 70.2 Å². The van der Waals surface area contributed by atoms with Crippen molar-refractivity contribution < 1.29 is 28.6 Å². The standard InChI is InChI=1S/C54H63N15O6/c70-52(13-16-64-19-25-73-26-20-64)55-46-7-1-43(2-8-46)49-37-67(61-58-49)34-40-31-41(35-68-38-50(59-62-68)44-3-9-47(10-4-44)56-53(71)14-17-65-21-27-74-28-22-65)33-42(32-40)36-69-39-51(60-63-69)45-5-11-48(12-6-45)57-54(72)15-18-66-23-29-75-30-24-66/h1-12,31-33,37-39H,13-30,34-36H2,(H,55,70)(H,56,71)(H,57,72). The van der Waals surface area contributed by atoms with Gasteiger partial charge in [-0.15, -0.1) is 15.3 Å². The number of ether oxygens (including phenoxy) is 3. The van der Waals surface area contributed by atoms with Crippen LogP contribution < -0.4 is 16.0 Å². The maximum absolute atomic E-state index is 12.7. The maximum Gasteiger partial charge on any atom is 0.225 e. The van der Waals surface area contributed by atoms with E-state index in [-0.39, 0.29) is 17.7 Å². The summed E-state index contributed by atoms with van der Waals surface area (Å²) in [6.45, 7) is 12.8. The van der Waals surface area contributed by atoms with Crippen molar-refractivity contribution >= 4 is 34.8 Å². The Hall–Kier alpha value is -7.53. The van der Waals surface area contributed by atoms with Crippen LogP contribution in [0, 0.1) is 0 Å². The van der Waals surface area contributed by atoms with E-state index in [9.17, 15) is 14.4 Å². The molecule has 3 fully saturated rings. The van der Waals surface area contributed by atoms with E-state index in [0.29, 0.717) is 115 Å². The predicted octanol–water partition coefficient (Wildman–Crippen LogP) is 4.59. The van der Waals surface area contributed by atoms with E-state index in [1.807, 2.05) is 105 Å². The van der Waals surface area contributed by atoms with Crippen LogP contribution in [0.1, 0.15) is 36.0 Å². The Morgan fingerprint density at radius 3 is 0.933 bits per heavy atom. The number of nitrogens with zero attached hydrogens (tertiary/aromatic N) is 12. The fourth-order valence-corrected chi connectivity index (χ4v) is 9.30. The first-order valence-electron chi connectivity index (χ1n) is 25.7. The molecule has 21 heteroatoms. The Bertz CT molecular complexity index is 2640. The zero-order chi connectivity index (χ0) is 51.2. The summed E-state index contributed by atoms with van der Waals surface area (Å²) in [5, 5.41) is 36.0. The second kappa shape index (κ2) is 25.1. The first-order chi connectivity index (χ1) is 36.8. The molecule has 0 saturated carbocycles. The average Bonchev–Trinajstić information content (AvgIpc) is 4.23. The monoisotopic (exact) mass is 1020 g/mol. The molecule has 3 N–H and O–H groups in total. The molecule has 10 rings (SSSR count). The van der Waals surface area contributed by atoms with Gasteiger partial charge in [0.05, 0.1) is 77.9 Å². The Labute approximate surface area is 435 Å². The minimum absolute atomic E-state index is 0.0251. The number of carbonyl (C=O) groups is 3. The zero-order valence-corrected chi connectivity index (χ0v) is 42.1. The molecule has 390 valence electrons. The summed E-state index contributed by atoms with van der Waals surface area (Å²) in [5.74, 6) is -0.0752. The van der Waals surface area contributed by atoms with Crippen LogP contribution in [0.2, 0.25) is 0 Å². The zero-order valence-electron chi connectivity index (χ0n) is 42.1. The third-order valence-corrected chi connectivity index (χ3v) is 13.4. The molecule has 0 atom stereocenters. The Morgan fingerprint density at radius 1 is 0.400 bits per heavy atom. The molecule has 4 aromatic carbocycles. The van der Waals surface area contributed by atoms with E-state index in [1.165, 1.54) is 0 Å². The van der Waals surface area contributed by atoms with Crippen LogP contribution in [0.5, 0.6) is 0 Å². The molecule has 0 radical (unpaired) electrons. The van der Waals surface area contributed by atoms with E-state index >= 15 is 0 Å². The van der Waals surface area contributed by atoms with E-state index in [4.69, 9.17) is 14.2 Å². The molecular formula is C54H63N15O6. The highest BCUT2D eigenvalue weighted by Crippen LogP contribution is 2.24. The lowest BCUT2D eigenvalue weighted by atomic mass is 10.0. The molecule has 21 nitrogen and oxygen atoms in total. The molecular weight excluding hydrogens is 955 g/mol. The normalized spacial score (nSPS) is 15.7. The third-order valence-electron chi connectivity index (χ3n) is 13.4. The molecule has 6 heterocycles. The summed E-state index contributed by atoms with van der Waals surface area (Å²) < 4.78 is 21.7. The number of nitrogens with one attached hydrogen (secondary N) is 3. The van der Waals surface area contributed by atoms with E-state index in [1.54, 1.807) is 0 Å². The summed E-state index contributed by atoms with van der Waals surface area (Å²) in [5.41, 5.74) is 9.94. The molecule has 0 bridgehead atoms. The van der Waals surface area contributed by atoms with Crippen molar-refractivity contribution in [3.05, 3.63) is 126 Å². The molecule has 3 aliphatic rings. The number of aromatic nitrogens is 9. The molecule has 3 aromatic heterocycles. The van der Waals surface area contributed by atoms with Crippen molar-refractivity contribution in [2.45, 2.75) is 38.9 Å². The SMILES string of the molecule is O=C(CCN1CCOCC1)Nc1ccc(-c2cn(Cc3cc(Cn4cc(-c5ccc(NC(=O)CCN6CCOCC6)cc5)nn4)cc(Cn4cc(-c5ccc(NC(=O)CCN6CCOCC6)cc5)nn4)c3)nn2)cc1. The van der Waals surface area contributed by atoms with Crippen molar-refractivity contribution in [3.8, 4) is 33.8 Å². The average molecular weight is 1020 g/mol. The number of amides is 3. The molecule has 3 saturated heterocycles. The van der Waals surface area contributed by atoms with Gasteiger partial charge >= 0.3 is 0 Å². The third kappa shape index (κ3) is 14.8. The predicted molar refractivity (Wildman–Crippen MR) is 282 cm³/mol. The minimum Gasteiger partial charge on any atom is -0.379 e. The molecule has 75 heavy (non-hydrogen) atoms. The summed E-state index contributed by atoms with van der Waals surface area (Å²) in [6.07, 6.45) is 7.00. The minimum atomic E-state index is -0.0251. The first kappa shape index (κ1) is 51.0. The van der Waals surface area contributed by atoms with Crippen LogP contribution in [0.15, 0.2) is 110 Å². The summed E-state index contributed by atoms with van der Waals surface area (Å²) >= 11 is 0. The van der Waals surface area contributed by atoms with Gasteiger partial charge in [-0.05, 0) is 53.1 Å². The molecule has 3 amide bonds. The molecule has 7 aromatic rings. The van der Waals surface area contributed by atoms with Crippen molar-refractivity contribution in [2.24, 2.45) is 0 Å². The Morgan fingerprint density at radius 2 is 0.667 bits per heavy atom. The number of rotatable bonds is 21. The lowest BCUT2D eigenvalue weighted by Gasteiger charge is -2.26. The molecule has 0 aliphatic carbocycles. The molecule has 0 spiro atoms. The molecule has 3 aliphatic heterocycles. The largest absolute Gasteiger partial charge is 0.379 e. The second-order valence-electron chi connectivity index (χ2n) is 19.1. The van der Waals surface area contributed by atoms with Crippen LogP contribution in [0.3, 0.4) is 0 Å². The van der Waals surface area contributed by atoms with Crippen LogP contribution in [0.4, 0.5) is 17.1 Å². The number of carbonyl (C=O) groups excluding carboxylic acids is 3. The van der Waals surface area contributed by atoms with Gasteiger partial charge in [0, 0.05) is 112 Å². The highest BCUT2D eigenvalue weighted by molar-refractivity contribution is 5.92. The number of hydrogen-bond donors (Lipinski definition) is 3. The first-order valence-corrected chi connectivity index (χ1v) is 25.7. The number of morpholine rings is 3. The van der Waals surface area contributed by atoms with Gasteiger partial charge < -0.3 is 30.2 Å². The van der Waals surface area contributed by atoms with Crippen molar-refractivity contribution in [1.82, 2.24) is 59.7 Å². The fourth-order valence-electron chi connectivity index (χ4n) is 9.30. The highest BCUT2D eigenvalue weighted by atomic mass is 16.5.